The molecule has 1 N–H and O–H groups in total. The number of methoxy groups -OCH3 is 1. The summed E-state index contributed by atoms with van der Waals surface area (Å²) < 4.78 is 18.3. The first-order chi connectivity index (χ1) is 8.02. The Morgan fingerprint density at radius 2 is 2.29 bits per heavy atom. The van der Waals surface area contributed by atoms with E-state index >= 15 is 0 Å². The van der Waals surface area contributed by atoms with Gasteiger partial charge in [0.2, 0.25) is 5.91 Å². The van der Waals surface area contributed by atoms with E-state index in [-0.39, 0.29) is 17.8 Å². The quantitative estimate of drug-likeness (QED) is 0.906. The van der Waals surface area contributed by atoms with Crippen molar-refractivity contribution in [3.63, 3.8) is 0 Å². The molecule has 1 rings (SSSR count). The van der Waals surface area contributed by atoms with Crippen LogP contribution in [0, 0.1) is 5.82 Å². The molecule has 0 saturated heterocycles. The zero-order valence-corrected chi connectivity index (χ0v) is 11.4. The summed E-state index contributed by atoms with van der Waals surface area (Å²) in [4.78, 5) is 11.6. The highest BCUT2D eigenvalue weighted by Gasteiger charge is 2.07. The normalized spacial score (nSPS) is 12.2. The van der Waals surface area contributed by atoms with E-state index in [1.807, 2.05) is 6.92 Å². The fourth-order valence-corrected chi connectivity index (χ4v) is 1.63. The number of hydrogen-bond acceptors (Lipinski definition) is 2. The first-order valence-electron chi connectivity index (χ1n) is 5.30. The largest absolute Gasteiger partial charge is 0.382 e. The van der Waals surface area contributed by atoms with Crippen molar-refractivity contribution in [1.82, 2.24) is 0 Å². The van der Waals surface area contributed by atoms with Crippen LogP contribution in [0.4, 0.5) is 10.1 Å². The van der Waals surface area contributed by atoms with E-state index in [1.54, 1.807) is 7.11 Å². The molecule has 17 heavy (non-hydrogen) atoms. The van der Waals surface area contributed by atoms with Gasteiger partial charge in [-0.25, -0.2) is 4.39 Å². The predicted molar refractivity (Wildman–Crippen MR) is 68.4 cm³/mol. The Morgan fingerprint density at radius 1 is 1.59 bits per heavy atom. The minimum absolute atomic E-state index is 0.0562. The summed E-state index contributed by atoms with van der Waals surface area (Å²) in [6, 6.07) is 4.36. The van der Waals surface area contributed by atoms with Crippen LogP contribution in [0.15, 0.2) is 22.7 Å². The van der Waals surface area contributed by atoms with Crippen LogP contribution in [-0.2, 0) is 9.53 Å². The minimum atomic E-state index is -0.351. The van der Waals surface area contributed by atoms with Gasteiger partial charge in [0, 0.05) is 19.2 Å². The molecule has 94 valence electrons. The van der Waals surface area contributed by atoms with Gasteiger partial charge in [-0.3, -0.25) is 4.79 Å². The van der Waals surface area contributed by atoms with E-state index in [2.05, 4.69) is 21.2 Å². The molecule has 0 fully saturated rings. The van der Waals surface area contributed by atoms with Gasteiger partial charge >= 0.3 is 0 Å². The fourth-order valence-electron chi connectivity index (χ4n) is 1.25. The first kappa shape index (κ1) is 14.1. The zero-order valence-electron chi connectivity index (χ0n) is 9.80. The second-order valence-corrected chi connectivity index (χ2v) is 4.62. The van der Waals surface area contributed by atoms with Crippen molar-refractivity contribution >= 4 is 27.5 Å². The van der Waals surface area contributed by atoms with Gasteiger partial charge in [-0.05, 0) is 47.5 Å². The molecule has 0 spiro atoms. The molecular weight excluding hydrogens is 289 g/mol. The summed E-state index contributed by atoms with van der Waals surface area (Å²) in [5.41, 5.74) is 0.577. The topological polar surface area (TPSA) is 38.3 Å². The number of halogens is 2. The molecular formula is C12H15BrFNO2. The molecule has 0 aliphatic carbocycles. The monoisotopic (exact) mass is 303 g/mol. The number of carbonyl (C=O) groups excluding carboxylic acids is 1. The molecule has 0 aromatic heterocycles. The van der Waals surface area contributed by atoms with Crippen LogP contribution >= 0.6 is 15.9 Å². The Morgan fingerprint density at radius 3 is 2.88 bits per heavy atom. The van der Waals surface area contributed by atoms with Crippen molar-refractivity contribution in [2.75, 3.05) is 12.4 Å². The van der Waals surface area contributed by atoms with Crippen molar-refractivity contribution in [2.24, 2.45) is 0 Å². The Balaban J connectivity index is 2.48. The third-order valence-corrected chi connectivity index (χ3v) is 2.99. The van der Waals surface area contributed by atoms with Gasteiger partial charge in [-0.1, -0.05) is 0 Å². The summed E-state index contributed by atoms with van der Waals surface area (Å²) in [5, 5.41) is 2.70. The van der Waals surface area contributed by atoms with Crippen molar-refractivity contribution in [2.45, 2.75) is 25.9 Å². The number of benzene rings is 1. The van der Waals surface area contributed by atoms with E-state index in [0.29, 0.717) is 23.0 Å². The fraction of sp³-hybridized carbons (Fsp3) is 0.417. The Kier molecular flexibility index (Phi) is 5.58. The average molecular weight is 304 g/mol. The number of anilines is 1. The number of carbonyl (C=O) groups is 1. The van der Waals surface area contributed by atoms with Crippen molar-refractivity contribution in [1.29, 1.82) is 0 Å². The van der Waals surface area contributed by atoms with Crippen LogP contribution in [0.1, 0.15) is 19.8 Å². The van der Waals surface area contributed by atoms with E-state index in [4.69, 9.17) is 4.74 Å². The molecule has 1 atom stereocenters. The predicted octanol–water partition coefficient (Wildman–Crippen LogP) is 3.34. The van der Waals surface area contributed by atoms with Crippen molar-refractivity contribution in [3.8, 4) is 0 Å². The summed E-state index contributed by atoms with van der Waals surface area (Å²) in [6.07, 6.45) is 1.09. The molecule has 0 aliphatic heterocycles. The molecule has 0 radical (unpaired) electrons. The lowest BCUT2D eigenvalue weighted by Crippen LogP contribution is -2.15. The molecule has 0 heterocycles. The number of hydrogen-bond donors (Lipinski definition) is 1. The molecule has 5 heteroatoms. The van der Waals surface area contributed by atoms with Crippen LogP contribution in [0.2, 0.25) is 0 Å². The van der Waals surface area contributed by atoms with Crippen LogP contribution in [0.3, 0.4) is 0 Å². The number of rotatable bonds is 5. The van der Waals surface area contributed by atoms with Gasteiger partial charge in [-0.15, -0.1) is 0 Å². The SMILES string of the molecule is COC(C)CCC(=O)Nc1ccc(F)c(Br)c1. The summed E-state index contributed by atoms with van der Waals surface area (Å²) in [5.74, 6) is -0.455. The Hall–Kier alpha value is -0.940. The Labute approximate surface area is 108 Å². The molecule has 1 amide bonds. The van der Waals surface area contributed by atoms with Crippen molar-refractivity contribution < 1.29 is 13.9 Å². The maximum Gasteiger partial charge on any atom is 0.224 e. The van der Waals surface area contributed by atoms with Crippen molar-refractivity contribution in [3.05, 3.63) is 28.5 Å². The second-order valence-electron chi connectivity index (χ2n) is 3.76. The maximum absolute atomic E-state index is 13.0. The van der Waals surface area contributed by atoms with E-state index in [0.717, 1.165) is 0 Å². The van der Waals surface area contributed by atoms with E-state index in [1.165, 1.54) is 18.2 Å². The zero-order chi connectivity index (χ0) is 12.8. The van der Waals surface area contributed by atoms with Crippen LogP contribution in [-0.4, -0.2) is 19.1 Å². The smallest absolute Gasteiger partial charge is 0.224 e. The number of ether oxygens (including phenoxy) is 1. The maximum atomic E-state index is 13.0. The standard InChI is InChI=1S/C12H15BrFNO2/c1-8(17-2)3-6-12(16)15-9-4-5-11(14)10(13)7-9/h4-5,7-8H,3,6H2,1-2H3,(H,15,16). The highest BCUT2D eigenvalue weighted by atomic mass is 79.9. The lowest BCUT2D eigenvalue weighted by molar-refractivity contribution is -0.116. The van der Waals surface area contributed by atoms with Gasteiger partial charge in [0.1, 0.15) is 5.82 Å². The summed E-state index contributed by atoms with van der Waals surface area (Å²) >= 11 is 3.06. The van der Waals surface area contributed by atoms with Crippen LogP contribution in [0.25, 0.3) is 0 Å². The molecule has 3 nitrogen and oxygen atoms in total. The number of nitrogens with one attached hydrogen (secondary N) is 1. The first-order valence-corrected chi connectivity index (χ1v) is 6.10. The van der Waals surface area contributed by atoms with Gasteiger partial charge in [0.25, 0.3) is 0 Å². The lowest BCUT2D eigenvalue weighted by atomic mass is 10.2. The number of amides is 1. The molecule has 0 aliphatic rings. The molecule has 1 aromatic rings. The molecule has 0 saturated carbocycles. The molecule has 0 bridgehead atoms. The summed E-state index contributed by atoms with van der Waals surface area (Å²) in [6.45, 7) is 1.90. The van der Waals surface area contributed by atoms with Gasteiger partial charge < -0.3 is 10.1 Å². The van der Waals surface area contributed by atoms with Crippen LogP contribution < -0.4 is 5.32 Å². The van der Waals surface area contributed by atoms with Gasteiger partial charge in [0.15, 0.2) is 0 Å². The lowest BCUT2D eigenvalue weighted by Gasteiger charge is -2.09. The second kappa shape index (κ2) is 6.71. The summed E-state index contributed by atoms with van der Waals surface area (Å²) in [7, 11) is 1.61. The highest BCUT2D eigenvalue weighted by molar-refractivity contribution is 9.10. The highest BCUT2D eigenvalue weighted by Crippen LogP contribution is 2.20. The third kappa shape index (κ3) is 4.83. The Bertz CT molecular complexity index is 398. The van der Waals surface area contributed by atoms with Gasteiger partial charge in [-0.2, -0.15) is 0 Å². The van der Waals surface area contributed by atoms with E-state index < -0.39 is 0 Å². The third-order valence-electron chi connectivity index (χ3n) is 2.38. The van der Waals surface area contributed by atoms with Crippen LogP contribution in [0.5, 0.6) is 0 Å². The molecule has 1 unspecified atom stereocenters. The minimum Gasteiger partial charge on any atom is -0.382 e. The van der Waals surface area contributed by atoms with Gasteiger partial charge in [0.05, 0.1) is 10.6 Å². The average Bonchev–Trinajstić information content (AvgIpc) is 2.31. The van der Waals surface area contributed by atoms with E-state index in [9.17, 15) is 9.18 Å². The molecule has 1 aromatic carbocycles.